The number of aliphatic hydroxyl groups excluding tert-OH is 1. The van der Waals surface area contributed by atoms with Gasteiger partial charge in [-0.2, -0.15) is 11.8 Å². The summed E-state index contributed by atoms with van der Waals surface area (Å²) in [5.74, 6) is 0.954. The Morgan fingerprint density at radius 3 is 3.14 bits per heavy atom. The van der Waals surface area contributed by atoms with Crippen molar-refractivity contribution in [2.45, 2.75) is 12.6 Å². The normalized spacial score (nSPS) is 13.1. The Hall–Kier alpha value is -0.590. The average molecular weight is 217 g/mol. The molecule has 1 heterocycles. The number of rotatable bonds is 6. The van der Waals surface area contributed by atoms with Crippen LogP contribution in [-0.4, -0.2) is 45.8 Å². The second-order valence-electron chi connectivity index (χ2n) is 2.85. The monoisotopic (exact) mass is 217 g/mol. The summed E-state index contributed by atoms with van der Waals surface area (Å²) in [7, 11) is 1.55. The molecule has 0 radical (unpaired) electrons. The van der Waals surface area contributed by atoms with Crippen LogP contribution in [0.1, 0.15) is 11.8 Å². The van der Waals surface area contributed by atoms with E-state index in [1.165, 1.54) is 0 Å². The lowest BCUT2D eigenvalue weighted by molar-refractivity contribution is 0.0587. The van der Waals surface area contributed by atoms with Crippen molar-refractivity contribution in [1.29, 1.82) is 0 Å². The lowest BCUT2D eigenvalue weighted by Gasteiger charge is -2.10. The van der Waals surface area contributed by atoms with Gasteiger partial charge in [0, 0.05) is 12.9 Å². The SMILES string of the molecule is COC[C@H](O)c1cnnn1CCSC. The largest absolute Gasteiger partial charge is 0.384 e. The molecule has 0 aliphatic heterocycles. The first-order valence-electron chi connectivity index (χ1n) is 4.34. The summed E-state index contributed by atoms with van der Waals surface area (Å²) in [4.78, 5) is 0. The van der Waals surface area contributed by atoms with Crippen molar-refractivity contribution < 1.29 is 9.84 Å². The van der Waals surface area contributed by atoms with Crippen LogP contribution < -0.4 is 0 Å². The molecule has 0 amide bonds. The van der Waals surface area contributed by atoms with Crippen LogP contribution in [0.2, 0.25) is 0 Å². The van der Waals surface area contributed by atoms with Gasteiger partial charge in [0.2, 0.25) is 0 Å². The summed E-state index contributed by atoms with van der Waals surface area (Å²) in [6.07, 6.45) is 2.96. The predicted octanol–water partition coefficient (Wildman–Crippen LogP) is 0.321. The van der Waals surface area contributed by atoms with Gasteiger partial charge in [-0.3, -0.25) is 0 Å². The Morgan fingerprint density at radius 2 is 2.50 bits per heavy atom. The molecule has 0 saturated carbocycles. The quantitative estimate of drug-likeness (QED) is 0.743. The molecule has 0 fully saturated rings. The van der Waals surface area contributed by atoms with Crippen molar-refractivity contribution >= 4 is 11.8 Å². The van der Waals surface area contributed by atoms with Crippen LogP contribution in [0, 0.1) is 0 Å². The first-order valence-corrected chi connectivity index (χ1v) is 5.73. The van der Waals surface area contributed by atoms with E-state index in [1.54, 1.807) is 29.8 Å². The van der Waals surface area contributed by atoms with Crippen molar-refractivity contribution in [3.05, 3.63) is 11.9 Å². The summed E-state index contributed by atoms with van der Waals surface area (Å²) in [6, 6.07) is 0. The number of hydrogen-bond donors (Lipinski definition) is 1. The highest BCUT2D eigenvalue weighted by Crippen LogP contribution is 2.11. The highest BCUT2D eigenvalue weighted by Gasteiger charge is 2.13. The molecule has 0 aliphatic rings. The number of methoxy groups -OCH3 is 1. The molecule has 0 spiro atoms. The molecule has 1 aromatic heterocycles. The van der Waals surface area contributed by atoms with Gasteiger partial charge < -0.3 is 9.84 Å². The minimum Gasteiger partial charge on any atom is -0.384 e. The van der Waals surface area contributed by atoms with Gasteiger partial charge in [0.1, 0.15) is 6.10 Å². The Kier molecular flexibility index (Phi) is 4.92. The smallest absolute Gasteiger partial charge is 0.120 e. The Bertz CT molecular complexity index is 267. The lowest BCUT2D eigenvalue weighted by Crippen LogP contribution is -2.14. The van der Waals surface area contributed by atoms with E-state index in [1.807, 2.05) is 6.26 Å². The van der Waals surface area contributed by atoms with Gasteiger partial charge in [0.25, 0.3) is 0 Å². The van der Waals surface area contributed by atoms with Crippen molar-refractivity contribution in [2.24, 2.45) is 0 Å². The van der Waals surface area contributed by atoms with E-state index >= 15 is 0 Å². The van der Waals surface area contributed by atoms with Gasteiger partial charge in [-0.15, -0.1) is 5.10 Å². The third-order valence-corrected chi connectivity index (χ3v) is 2.41. The van der Waals surface area contributed by atoms with Gasteiger partial charge in [0.15, 0.2) is 0 Å². The Morgan fingerprint density at radius 1 is 1.71 bits per heavy atom. The maximum atomic E-state index is 9.66. The van der Waals surface area contributed by atoms with E-state index in [9.17, 15) is 5.11 Å². The summed E-state index contributed by atoms with van der Waals surface area (Å²) < 4.78 is 6.57. The van der Waals surface area contributed by atoms with E-state index in [4.69, 9.17) is 4.74 Å². The molecule has 0 aliphatic carbocycles. The number of ether oxygens (including phenoxy) is 1. The standard InChI is InChI=1S/C8H15N3O2S/c1-13-6-8(12)7-5-9-10-11(7)3-4-14-2/h5,8,12H,3-4,6H2,1-2H3/t8-/m0/s1. The van der Waals surface area contributed by atoms with Crippen LogP contribution in [0.4, 0.5) is 0 Å². The van der Waals surface area contributed by atoms with E-state index in [0.29, 0.717) is 5.69 Å². The van der Waals surface area contributed by atoms with Crippen molar-refractivity contribution in [1.82, 2.24) is 15.0 Å². The van der Waals surface area contributed by atoms with E-state index in [2.05, 4.69) is 10.3 Å². The minimum atomic E-state index is -0.642. The van der Waals surface area contributed by atoms with Crippen LogP contribution in [0.3, 0.4) is 0 Å². The topological polar surface area (TPSA) is 60.2 Å². The second-order valence-corrected chi connectivity index (χ2v) is 3.83. The molecular formula is C8H15N3O2S. The zero-order valence-corrected chi connectivity index (χ0v) is 9.20. The Balaban J connectivity index is 2.61. The predicted molar refractivity (Wildman–Crippen MR) is 55.2 cm³/mol. The molecule has 0 bridgehead atoms. The number of thioether (sulfide) groups is 1. The molecular weight excluding hydrogens is 202 g/mol. The molecule has 1 N–H and O–H groups in total. The van der Waals surface area contributed by atoms with Crippen LogP contribution in [0.15, 0.2) is 6.20 Å². The fraction of sp³-hybridized carbons (Fsp3) is 0.750. The summed E-state index contributed by atoms with van der Waals surface area (Å²) in [5.41, 5.74) is 0.709. The molecule has 0 aromatic carbocycles. The summed E-state index contributed by atoms with van der Waals surface area (Å²) >= 11 is 1.73. The highest BCUT2D eigenvalue weighted by atomic mass is 32.2. The average Bonchev–Trinajstić information content (AvgIpc) is 2.63. The third-order valence-electron chi connectivity index (χ3n) is 1.82. The third kappa shape index (κ3) is 2.97. The maximum absolute atomic E-state index is 9.66. The van der Waals surface area contributed by atoms with Gasteiger partial charge in [-0.25, -0.2) is 4.68 Å². The maximum Gasteiger partial charge on any atom is 0.120 e. The van der Waals surface area contributed by atoms with E-state index in [-0.39, 0.29) is 6.61 Å². The molecule has 6 heteroatoms. The van der Waals surface area contributed by atoms with E-state index in [0.717, 1.165) is 12.3 Å². The molecule has 1 rings (SSSR count). The van der Waals surface area contributed by atoms with Crippen LogP contribution >= 0.6 is 11.8 Å². The first kappa shape index (κ1) is 11.5. The van der Waals surface area contributed by atoms with Gasteiger partial charge >= 0.3 is 0 Å². The number of hydrogen-bond acceptors (Lipinski definition) is 5. The fourth-order valence-electron chi connectivity index (χ4n) is 1.12. The van der Waals surface area contributed by atoms with E-state index < -0.39 is 6.10 Å². The lowest BCUT2D eigenvalue weighted by atomic mass is 10.3. The van der Waals surface area contributed by atoms with Crippen molar-refractivity contribution in [3.8, 4) is 0 Å². The minimum absolute atomic E-state index is 0.270. The highest BCUT2D eigenvalue weighted by molar-refractivity contribution is 7.98. The zero-order valence-electron chi connectivity index (χ0n) is 8.38. The number of aryl methyl sites for hydroxylation is 1. The number of nitrogens with zero attached hydrogens (tertiary/aromatic N) is 3. The van der Waals surface area contributed by atoms with Gasteiger partial charge in [-0.05, 0) is 6.26 Å². The number of aromatic nitrogens is 3. The van der Waals surface area contributed by atoms with Crippen molar-refractivity contribution in [3.63, 3.8) is 0 Å². The summed E-state index contributed by atoms with van der Waals surface area (Å²) in [5, 5.41) is 17.3. The van der Waals surface area contributed by atoms with Gasteiger partial charge in [-0.1, -0.05) is 5.21 Å². The summed E-state index contributed by atoms with van der Waals surface area (Å²) in [6.45, 7) is 1.03. The molecule has 14 heavy (non-hydrogen) atoms. The molecule has 80 valence electrons. The fourth-order valence-corrected chi connectivity index (χ4v) is 1.47. The van der Waals surface area contributed by atoms with Crippen LogP contribution in [0.25, 0.3) is 0 Å². The molecule has 0 saturated heterocycles. The molecule has 1 aromatic rings. The molecule has 0 unspecified atom stereocenters. The second kappa shape index (κ2) is 6.00. The zero-order chi connectivity index (χ0) is 10.4. The Labute approximate surface area is 87.4 Å². The van der Waals surface area contributed by atoms with Crippen LogP contribution in [-0.2, 0) is 11.3 Å². The van der Waals surface area contributed by atoms with Crippen LogP contribution in [0.5, 0.6) is 0 Å². The van der Waals surface area contributed by atoms with Crippen molar-refractivity contribution in [2.75, 3.05) is 25.7 Å². The molecule has 1 atom stereocenters. The van der Waals surface area contributed by atoms with Gasteiger partial charge in [0.05, 0.1) is 25.0 Å². The molecule has 5 nitrogen and oxygen atoms in total. The first-order chi connectivity index (χ1) is 6.79. The number of aliphatic hydroxyl groups is 1.